The zero-order valence-electron chi connectivity index (χ0n) is 11.3. The van der Waals surface area contributed by atoms with E-state index in [2.05, 4.69) is 5.32 Å². The van der Waals surface area contributed by atoms with Crippen molar-refractivity contribution in [3.63, 3.8) is 0 Å². The third-order valence-electron chi connectivity index (χ3n) is 3.76. The van der Waals surface area contributed by atoms with Crippen LogP contribution in [0.3, 0.4) is 0 Å². The number of para-hydroxylation sites is 1. The van der Waals surface area contributed by atoms with Crippen LogP contribution in [0.4, 0.5) is 19.3 Å². The summed E-state index contributed by atoms with van der Waals surface area (Å²) >= 11 is 0. The number of carbonyl (C=O) groups excluding carboxylic acids is 1. The molecule has 0 saturated carbocycles. The van der Waals surface area contributed by atoms with Crippen LogP contribution >= 0.6 is 0 Å². The summed E-state index contributed by atoms with van der Waals surface area (Å²) < 4.78 is 27.0. The second-order valence-electron chi connectivity index (χ2n) is 5.09. The molecule has 6 heteroatoms. The minimum absolute atomic E-state index is 0.157. The number of aliphatic hydroxyl groups is 1. The Kier molecular flexibility index (Phi) is 4.54. The molecule has 110 valence electrons. The van der Waals surface area contributed by atoms with E-state index in [4.69, 9.17) is 0 Å². The van der Waals surface area contributed by atoms with Gasteiger partial charge in [0.15, 0.2) is 0 Å². The molecule has 1 fully saturated rings. The number of nitrogens with one attached hydrogen (secondary N) is 1. The first-order chi connectivity index (χ1) is 9.54. The first kappa shape index (κ1) is 14.7. The number of piperidine rings is 1. The number of rotatable bonds is 2. The van der Waals surface area contributed by atoms with Crippen LogP contribution < -0.4 is 5.32 Å². The quantitative estimate of drug-likeness (QED) is 0.877. The molecule has 1 aromatic carbocycles. The van der Waals surface area contributed by atoms with E-state index >= 15 is 0 Å². The lowest BCUT2D eigenvalue weighted by Crippen LogP contribution is -2.51. The smallest absolute Gasteiger partial charge is 0.322 e. The first-order valence-electron chi connectivity index (χ1n) is 6.67. The average Bonchev–Trinajstić information content (AvgIpc) is 2.42. The van der Waals surface area contributed by atoms with Crippen molar-refractivity contribution >= 4 is 11.7 Å². The second-order valence-corrected chi connectivity index (χ2v) is 5.09. The summed E-state index contributed by atoms with van der Waals surface area (Å²) in [4.78, 5) is 13.6. The van der Waals surface area contributed by atoms with Crippen molar-refractivity contribution in [3.8, 4) is 0 Å². The van der Waals surface area contributed by atoms with E-state index in [9.17, 15) is 18.7 Å². The number of hydrogen-bond acceptors (Lipinski definition) is 2. The minimum atomic E-state index is -0.816. The van der Waals surface area contributed by atoms with Gasteiger partial charge in [-0.2, -0.15) is 0 Å². The Morgan fingerprint density at radius 3 is 2.70 bits per heavy atom. The highest BCUT2D eigenvalue weighted by Gasteiger charge is 2.31. The number of likely N-dealkylation sites (tertiary alicyclic amines) is 1. The van der Waals surface area contributed by atoms with Crippen LogP contribution in [0.25, 0.3) is 0 Å². The summed E-state index contributed by atoms with van der Waals surface area (Å²) in [5, 5.41) is 11.6. The van der Waals surface area contributed by atoms with Gasteiger partial charge in [0.1, 0.15) is 17.3 Å². The highest BCUT2D eigenvalue weighted by Crippen LogP contribution is 2.25. The number of halogens is 2. The molecule has 0 bridgehead atoms. The predicted molar refractivity (Wildman–Crippen MR) is 71.4 cm³/mol. The van der Waals surface area contributed by atoms with E-state index in [1.807, 2.05) is 6.92 Å². The van der Waals surface area contributed by atoms with Crippen molar-refractivity contribution in [2.75, 3.05) is 18.5 Å². The highest BCUT2D eigenvalue weighted by molar-refractivity contribution is 5.89. The van der Waals surface area contributed by atoms with Crippen molar-refractivity contribution in [1.29, 1.82) is 0 Å². The number of anilines is 1. The third-order valence-corrected chi connectivity index (χ3v) is 3.76. The highest BCUT2D eigenvalue weighted by atomic mass is 19.1. The maximum absolute atomic E-state index is 13.5. The fourth-order valence-electron chi connectivity index (χ4n) is 2.58. The molecule has 2 atom stereocenters. The van der Waals surface area contributed by atoms with Crippen LogP contribution in [0.5, 0.6) is 0 Å². The Morgan fingerprint density at radius 1 is 1.45 bits per heavy atom. The van der Waals surface area contributed by atoms with Crippen LogP contribution in [0.2, 0.25) is 0 Å². The van der Waals surface area contributed by atoms with E-state index in [-0.39, 0.29) is 18.6 Å². The lowest BCUT2D eigenvalue weighted by atomic mass is 9.91. The van der Waals surface area contributed by atoms with E-state index < -0.39 is 23.4 Å². The molecule has 4 nitrogen and oxygen atoms in total. The standard InChI is InChI=1S/C14H18F2N2O2/c1-9-4-3-7-18(12(9)8-19)14(20)17-13-10(15)5-2-6-11(13)16/h2,5-6,9,12,19H,3-4,7-8H2,1H3,(H,17,20). The normalized spacial score (nSPS) is 22.7. The van der Waals surface area contributed by atoms with Gasteiger partial charge in [0.05, 0.1) is 12.6 Å². The fraction of sp³-hybridized carbons (Fsp3) is 0.500. The minimum Gasteiger partial charge on any atom is -0.394 e. The number of amides is 2. The van der Waals surface area contributed by atoms with Gasteiger partial charge in [-0.25, -0.2) is 13.6 Å². The molecule has 2 rings (SSSR count). The van der Waals surface area contributed by atoms with Gasteiger partial charge in [0.2, 0.25) is 0 Å². The van der Waals surface area contributed by atoms with E-state index in [0.717, 1.165) is 25.0 Å². The van der Waals surface area contributed by atoms with Crippen molar-refractivity contribution in [3.05, 3.63) is 29.8 Å². The van der Waals surface area contributed by atoms with Gasteiger partial charge in [-0.15, -0.1) is 0 Å². The van der Waals surface area contributed by atoms with Crippen molar-refractivity contribution in [1.82, 2.24) is 4.90 Å². The lowest BCUT2D eigenvalue weighted by molar-refractivity contribution is 0.0810. The molecule has 0 aromatic heterocycles. The second kappa shape index (κ2) is 6.17. The number of aliphatic hydroxyl groups excluding tert-OH is 1. The maximum atomic E-state index is 13.5. The van der Waals surface area contributed by atoms with Crippen molar-refractivity contribution in [2.45, 2.75) is 25.8 Å². The van der Waals surface area contributed by atoms with Crippen molar-refractivity contribution < 1.29 is 18.7 Å². The molecule has 2 unspecified atom stereocenters. The SMILES string of the molecule is CC1CCCN(C(=O)Nc2c(F)cccc2F)C1CO. The zero-order chi connectivity index (χ0) is 14.7. The fourth-order valence-corrected chi connectivity index (χ4v) is 2.58. The number of hydrogen-bond donors (Lipinski definition) is 2. The van der Waals surface area contributed by atoms with E-state index in [1.54, 1.807) is 0 Å². The summed E-state index contributed by atoms with van der Waals surface area (Å²) in [6.07, 6.45) is 1.73. The summed E-state index contributed by atoms with van der Waals surface area (Å²) in [7, 11) is 0. The lowest BCUT2D eigenvalue weighted by Gasteiger charge is -2.38. The van der Waals surface area contributed by atoms with Crippen LogP contribution in [0.1, 0.15) is 19.8 Å². The molecule has 1 saturated heterocycles. The van der Waals surface area contributed by atoms with Gasteiger partial charge in [0.25, 0.3) is 0 Å². The maximum Gasteiger partial charge on any atom is 0.322 e. The summed E-state index contributed by atoms with van der Waals surface area (Å²) in [5.41, 5.74) is -0.451. The number of urea groups is 1. The molecule has 2 N–H and O–H groups in total. The van der Waals surface area contributed by atoms with E-state index in [0.29, 0.717) is 6.54 Å². The van der Waals surface area contributed by atoms with Crippen LogP contribution in [-0.2, 0) is 0 Å². The topological polar surface area (TPSA) is 52.6 Å². The van der Waals surface area contributed by atoms with Gasteiger partial charge < -0.3 is 15.3 Å². The predicted octanol–water partition coefficient (Wildman–Crippen LogP) is 2.59. The molecule has 1 heterocycles. The van der Waals surface area contributed by atoms with Crippen LogP contribution in [-0.4, -0.2) is 35.2 Å². The first-order valence-corrected chi connectivity index (χ1v) is 6.67. The van der Waals surface area contributed by atoms with Crippen LogP contribution in [0, 0.1) is 17.6 Å². The Bertz CT molecular complexity index is 476. The molecule has 1 aromatic rings. The zero-order valence-corrected chi connectivity index (χ0v) is 11.3. The number of benzene rings is 1. The Hall–Kier alpha value is -1.69. The molecule has 20 heavy (non-hydrogen) atoms. The summed E-state index contributed by atoms with van der Waals surface area (Å²) in [5.74, 6) is -1.47. The molecule has 1 aliphatic rings. The molecule has 2 amide bonds. The Morgan fingerprint density at radius 2 is 2.10 bits per heavy atom. The Balaban J connectivity index is 2.15. The molecular weight excluding hydrogens is 266 g/mol. The Labute approximate surface area is 116 Å². The van der Waals surface area contributed by atoms with Gasteiger partial charge >= 0.3 is 6.03 Å². The van der Waals surface area contributed by atoms with Crippen molar-refractivity contribution in [2.24, 2.45) is 5.92 Å². The molecular formula is C14H18F2N2O2. The average molecular weight is 284 g/mol. The molecule has 0 spiro atoms. The van der Waals surface area contributed by atoms with Crippen LogP contribution in [0.15, 0.2) is 18.2 Å². The van der Waals surface area contributed by atoms with Gasteiger partial charge in [-0.1, -0.05) is 13.0 Å². The number of nitrogens with zero attached hydrogens (tertiary/aromatic N) is 1. The molecule has 1 aliphatic heterocycles. The van der Waals surface area contributed by atoms with Gasteiger partial charge in [0, 0.05) is 6.54 Å². The van der Waals surface area contributed by atoms with Gasteiger partial charge in [-0.3, -0.25) is 0 Å². The third kappa shape index (κ3) is 2.90. The number of carbonyl (C=O) groups is 1. The largest absolute Gasteiger partial charge is 0.394 e. The molecule has 0 aliphatic carbocycles. The summed E-state index contributed by atoms with van der Waals surface area (Å²) in [6.45, 7) is 2.26. The monoisotopic (exact) mass is 284 g/mol. The molecule has 0 radical (unpaired) electrons. The van der Waals surface area contributed by atoms with E-state index in [1.165, 1.54) is 11.0 Å². The van der Waals surface area contributed by atoms with Gasteiger partial charge in [-0.05, 0) is 30.9 Å². The summed E-state index contributed by atoms with van der Waals surface area (Å²) in [6, 6.07) is 2.50.